The van der Waals surface area contributed by atoms with Gasteiger partial charge in [0.15, 0.2) is 0 Å². The van der Waals surface area contributed by atoms with Gasteiger partial charge in [-0.25, -0.2) is 0 Å². The summed E-state index contributed by atoms with van der Waals surface area (Å²) in [6.07, 6.45) is 0.890. The van der Waals surface area contributed by atoms with Gasteiger partial charge in [-0.05, 0) is 117 Å². The van der Waals surface area contributed by atoms with E-state index in [9.17, 15) is 0 Å². The Hall–Kier alpha value is -7.42. The molecule has 0 atom stereocenters. The van der Waals surface area contributed by atoms with Crippen molar-refractivity contribution in [3.8, 4) is 33.6 Å². The molecule has 0 unspecified atom stereocenters. The molecule has 270 valence electrons. The van der Waals surface area contributed by atoms with Crippen molar-refractivity contribution < 1.29 is 0 Å². The van der Waals surface area contributed by atoms with Crippen LogP contribution in [0.5, 0.6) is 0 Å². The lowest BCUT2D eigenvalue weighted by molar-refractivity contribution is 0.768. The quantitative estimate of drug-likeness (QED) is 0.170. The zero-order valence-electron chi connectivity index (χ0n) is 31.7. The van der Waals surface area contributed by atoms with Crippen molar-refractivity contribution in [1.29, 1.82) is 0 Å². The average molecular weight is 737 g/mol. The summed E-state index contributed by atoms with van der Waals surface area (Å²) in [5, 5.41) is 5.17. The van der Waals surface area contributed by atoms with Gasteiger partial charge < -0.3 is 9.13 Å². The molecule has 0 saturated heterocycles. The SMILES string of the molecule is c1ccc(-n2c3ccc(-n4c5ccccc5c5ccccc54)cc3c3c4c(ccc32)-c2cc(C3(c5ccccc5)c5ccccc5-c5ccccc53)ccc2C4)cc1. The molecule has 2 aliphatic rings. The lowest BCUT2D eigenvalue weighted by Crippen LogP contribution is -2.28. The van der Waals surface area contributed by atoms with E-state index in [1.54, 1.807) is 0 Å². The molecule has 0 amide bonds. The maximum atomic E-state index is 2.53. The molecule has 13 rings (SSSR count). The molecule has 11 aromatic rings. The van der Waals surface area contributed by atoms with Crippen LogP contribution < -0.4 is 0 Å². The van der Waals surface area contributed by atoms with E-state index in [0.29, 0.717) is 0 Å². The Morgan fingerprint density at radius 2 is 0.914 bits per heavy atom. The molecule has 0 bridgehead atoms. The summed E-state index contributed by atoms with van der Waals surface area (Å²) < 4.78 is 4.91. The number of hydrogen-bond donors (Lipinski definition) is 0. The molecule has 0 N–H and O–H groups in total. The highest BCUT2D eigenvalue weighted by molar-refractivity contribution is 6.15. The van der Waals surface area contributed by atoms with Gasteiger partial charge in [0.25, 0.3) is 0 Å². The molecule has 2 aliphatic carbocycles. The molecule has 58 heavy (non-hydrogen) atoms. The van der Waals surface area contributed by atoms with Gasteiger partial charge >= 0.3 is 0 Å². The second kappa shape index (κ2) is 11.8. The first-order valence-electron chi connectivity index (χ1n) is 20.3. The van der Waals surface area contributed by atoms with Crippen molar-refractivity contribution in [3.05, 3.63) is 240 Å². The molecule has 2 heterocycles. The molecule has 0 aliphatic heterocycles. The van der Waals surface area contributed by atoms with E-state index >= 15 is 0 Å². The van der Waals surface area contributed by atoms with Gasteiger partial charge in [-0.1, -0.05) is 152 Å². The molecule has 9 aromatic carbocycles. The topological polar surface area (TPSA) is 9.86 Å². The van der Waals surface area contributed by atoms with Gasteiger partial charge in [-0.3, -0.25) is 0 Å². The van der Waals surface area contributed by atoms with Gasteiger partial charge in [-0.15, -0.1) is 0 Å². The van der Waals surface area contributed by atoms with Crippen LogP contribution in [0.4, 0.5) is 0 Å². The van der Waals surface area contributed by atoms with Gasteiger partial charge in [0.1, 0.15) is 0 Å². The number of fused-ring (bicyclic) bond motifs is 13. The third kappa shape index (κ3) is 4.11. The molecule has 2 heteroatoms. The fourth-order valence-electron chi connectivity index (χ4n) is 10.9. The van der Waals surface area contributed by atoms with Gasteiger partial charge in [-0.2, -0.15) is 0 Å². The lowest BCUT2D eigenvalue weighted by atomic mass is 9.67. The highest BCUT2D eigenvalue weighted by Gasteiger charge is 2.46. The fourth-order valence-corrected chi connectivity index (χ4v) is 10.9. The zero-order chi connectivity index (χ0) is 38.0. The third-order valence-electron chi connectivity index (χ3n) is 13.2. The summed E-state index contributed by atoms with van der Waals surface area (Å²) in [5.74, 6) is 0. The van der Waals surface area contributed by atoms with E-state index in [0.717, 1.165) is 6.42 Å². The minimum atomic E-state index is -0.434. The van der Waals surface area contributed by atoms with Crippen LogP contribution in [-0.2, 0) is 11.8 Å². The number of nitrogens with zero attached hydrogens (tertiary/aromatic N) is 2. The van der Waals surface area contributed by atoms with Crippen molar-refractivity contribution in [2.45, 2.75) is 11.8 Å². The Kier molecular flexibility index (Phi) is 6.46. The van der Waals surface area contributed by atoms with Gasteiger partial charge in [0, 0.05) is 32.9 Å². The molecule has 2 aromatic heterocycles. The van der Waals surface area contributed by atoms with Crippen LogP contribution in [0.1, 0.15) is 33.4 Å². The molecule has 2 nitrogen and oxygen atoms in total. The third-order valence-corrected chi connectivity index (χ3v) is 13.2. The van der Waals surface area contributed by atoms with E-state index in [1.165, 1.54) is 111 Å². The lowest BCUT2D eigenvalue weighted by Gasteiger charge is -2.34. The van der Waals surface area contributed by atoms with Crippen molar-refractivity contribution in [2.24, 2.45) is 0 Å². The second-order valence-corrected chi connectivity index (χ2v) is 16.0. The Bertz CT molecular complexity index is 3380. The van der Waals surface area contributed by atoms with Crippen LogP contribution in [0.15, 0.2) is 206 Å². The normalized spacial score (nSPS) is 13.6. The highest BCUT2D eigenvalue weighted by atomic mass is 15.0. The van der Waals surface area contributed by atoms with Crippen molar-refractivity contribution in [2.75, 3.05) is 0 Å². The Balaban J connectivity index is 1.08. The van der Waals surface area contributed by atoms with Crippen LogP contribution in [0.25, 0.3) is 77.2 Å². The van der Waals surface area contributed by atoms with E-state index in [1.807, 2.05) is 0 Å². The summed E-state index contributed by atoms with van der Waals surface area (Å²) in [6.45, 7) is 0. The summed E-state index contributed by atoms with van der Waals surface area (Å²) in [4.78, 5) is 0. The first kappa shape index (κ1) is 31.7. The number of para-hydroxylation sites is 3. The van der Waals surface area contributed by atoms with Gasteiger partial charge in [0.2, 0.25) is 0 Å². The van der Waals surface area contributed by atoms with Crippen LogP contribution in [0.2, 0.25) is 0 Å². The number of aromatic nitrogens is 2. The monoisotopic (exact) mass is 736 g/mol. The minimum absolute atomic E-state index is 0.434. The maximum Gasteiger partial charge on any atom is 0.0713 e. The van der Waals surface area contributed by atoms with Crippen molar-refractivity contribution in [3.63, 3.8) is 0 Å². The minimum Gasteiger partial charge on any atom is -0.309 e. The standard InChI is InChI=1S/C56H36N2/c1-3-15-37(16-4-1)56(49-23-11-7-19-42(49)43-20-8-12-24-50(43)56)38-28-27-36-33-47-41(46(36)34-38)30-32-54-55(47)48-35-40(29-31-53(48)57(54)39-17-5-2-6-18-39)58-51-25-13-9-21-44(51)45-22-10-14-26-52(45)58/h1-32,34-35H,33H2. The van der Waals surface area contributed by atoms with Crippen LogP contribution in [0, 0.1) is 0 Å². The predicted molar refractivity (Wildman–Crippen MR) is 241 cm³/mol. The number of benzene rings is 9. The fraction of sp³-hybridized carbons (Fsp3) is 0.0357. The molecule has 0 radical (unpaired) electrons. The van der Waals surface area contributed by atoms with Gasteiger partial charge in [0.05, 0.1) is 27.5 Å². The summed E-state index contributed by atoms with van der Waals surface area (Å²) in [5.41, 5.74) is 20.2. The van der Waals surface area contributed by atoms with Crippen LogP contribution in [0.3, 0.4) is 0 Å². The summed E-state index contributed by atoms with van der Waals surface area (Å²) >= 11 is 0. The van der Waals surface area contributed by atoms with Crippen LogP contribution >= 0.6 is 0 Å². The summed E-state index contributed by atoms with van der Waals surface area (Å²) in [6, 6.07) is 76.9. The first-order valence-corrected chi connectivity index (χ1v) is 20.3. The van der Waals surface area contributed by atoms with Crippen LogP contribution in [-0.4, -0.2) is 9.13 Å². The van der Waals surface area contributed by atoms with E-state index < -0.39 is 5.41 Å². The average Bonchev–Trinajstić information content (AvgIpc) is 4.02. The number of rotatable bonds is 4. The first-order chi connectivity index (χ1) is 28.8. The summed E-state index contributed by atoms with van der Waals surface area (Å²) in [7, 11) is 0. The molecule has 0 saturated carbocycles. The second-order valence-electron chi connectivity index (χ2n) is 16.0. The molecular weight excluding hydrogens is 701 g/mol. The molecule has 0 spiro atoms. The predicted octanol–water partition coefficient (Wildman–Crippen LogP) is 13.8. The van der Waals surface area contributed by atoms with E-state index in [4.69, 9.17) is 0 Å². The molecular formula is C56H36N2. The van der Waals surface area contributed by atoms with Crippen molar-refractivity contribution in [1.82, 2.24) is 9.13 Å². The van der Waals surface area contributed by atoms with Crippen molar-refractivity contribution >= 4 is 43.6 Å². The maximum absolute atomic E-state index is 2.53. The number of hydrogen-bond acceptors (Lipinski definition) is 0. The Morgan fingerprint density at radius 1 is 0.345 bits per heavy atom. The Morgan fingerprint density at radius 3 is 1.62 bits per heavy atom. The molecule has 0 fully saturated rings. The zero-order valence-corrected chi connectivity index (χ0v) is 31.7. The smallest absolute Gasteiger partial charge is 0.0713 e. The van der Waals surface area contributed by atoms with E-state index in [-0.39, 0.29) is 0 Å². The highest BCUT2D eigenvalue weighted by Crippen LogP contribution is 2.57. The van der Waals surface area contributed by atoms with E-state index in [2.05, 4.69) is 215 Å². The largest absolute Gasteiger partial charge is 0.309 e. The Labute approximate surface area is 336 Å².